The van der Waals surface area contributed by atoms with Gasteiger partial charge in [-0.2, -0.15) is 0 Å². The fourth-order valence-corrected chi connectivity index (χ4v) is 1.76. The van der Waals surface area contributed by atoms with Crippen LogP contribution < -0.4 is 4.74 Å². The molecular formula is C11H14Cl2O3. The zero-order valence-electron chi connectivity index (χ0n) is 8.91. The molecule has 0 heterocycles. The Bertz CT molecular complexity index is 355. The molecule has 0 aliphatic carbocycles. The number of ether oxygens (including phenoxy) is 1. The van der Waals surface area contributed by atoms with Crippen LogP contribution in [0.2, 0.25) is 10.0 Å². The van der Waals surface area contributed by atoms with Crippen molar-refractivity contribution >= 4 is 23.2 Å². The second-order valence-electron chi connectivity index (χ2n) is 3.63. The normalized spacial score (nSPS) is 12.6. The Labute approximate surface area is 105 Å². The zero-order chi connectivity index (χ0) is 12.1. The van der Waals surface area contributed by atoms with Crippen LogP contribution in [-0.2, 0) is 6.61 Å². The lowest BCUT2D eigenvalue weighted by atomic mass is 10.2. The number of rotatable bonds is 5. The molecule has 1 atom stereocenters. The van der Waals surface area contributed by atoms with Crippen molar-refractivity contribution in [2.75, 3.05) is 13.2 Å². The van der Waals surface area contributed by atoms with Gasteiger partial charge >= 0.3 is 0 Å². The van der Waals surface area contributed by atoms with E-state index in [-0.39, 0.29) is 19.1 Å². The van der Waals surface area contributed by atoms with Gasteiger partial charge in [0, 0.05) is 23.1 Å². The Morgan fingerprint density at radius 3 is 2.56 bits per heavy atom. The van der Waals surface area contributed by atoms with Gasteiger partial charge in [0.2, 0.25) is 0 Å². The minimum atomic E-state index is -0.191. The molecule has 0 saturated carbocycles. The molecule has 0 bridgehead atoms. The van der Waals surface area contributed by atoms with Gasteiger partial charge in [0.25, 0.3) is 0 Å². The van der Waals surface area contributed by atoms with Crippen LogP contribution in [0.3, 0.4) is 0 Å². The predicted molar refractivity (Wildman–Crippen MR) is 64.1 cm³/mol. The third-order valence-corrected chi connectivity index (χ3v) is 2.58. The van der Waals surface area contributed by atoms with Crippen molar-refractivity contribution in [3.05, 3.63) is 27.7 Å². The van der Waals surface area contributed by atoms with Crippen molar-refractivity contribution in [3.8, 4) is 5.75 Å². The van der Waals surface area contributed by atoms with Crippen molar-refractivity contribution in [2.24, 2.45) is 5.92 Å². The van der Waals surface area contributed by atoms with Crippen LogP contribution in [0.25, 0.3) is 0 Å². The lowest BCUT2D eigenvalue weighted by molar-refractivity contribution is 0.171. The number of aliphatic hydroxyl groups is 2. The molecule has 90 valence electrons. The summed E-state index contributed by atoms with van der Waals surface area (Å²) in [5.74, 6) is 0.437. The van der Waals surface area contributed by atoms with Gasteiger partial charge in [0.05, 0.1) is 18.2 Å². The van der Waals surface area contributed by atoms with E-state index in [1.807, 2.05) is 6.92 Å². The largest absolute Gasteiger partial charge is 0.491 e. The topological polar surface area (TPSA) is 49.7 Å². The molecule has 1 rings (SSSR count). The van der Waals surface area contributed by atoms with E-state index < -0.39 is 0 Å². The molecule has 0 amide bonds. The Morgan fingerprint density at radius 1 is 1.31 bits per heavy atom. The SMILES string of the molecule is CC(CO)COc1c(Cl)cc(Cl)cc1CO. The van der Waals surface area contributed by atoms with Crippen molar-refractivity contribution in [2.45, 2.75) is 13.5 Å². The second-order valence-corrected chi connectivity index (χ2v) is 4.48. The fourth-order valence-electron chi connectivity index (χ4n) is 1.17. The zero-order valence-corrected chi connectivity index (χ0v) is 10.4. The Morgan fingerprint density at radius 2 is 2.00 bits per heavy atom. The third kappa shape index (κ3) is 3.52. The Balaban J connectivity index is 2.85. The van der Waals surface area contributed by atoms with E-state index in [2.05, 4.69) is 0 Å². The van der Waals surface area contributed by atoms with Gasteiger partial charge in [-0.05, 0) is 12.1 Å². The fraction of sp³-hybridized carbons (Fsp3) is 0.455. The van der Waals surface area contributed by atoms with Gasteiger partial charge in [0.1, 0.15) is 5.75 Å². The lowest BCUT2D eigenvalue weighted by Crippen LogP contribution is -2.13. The molecule has 0 aromatic heterocycles. The molecule has 16 heavy (non-hydrogen) atoms. The van der Waals surface area contributed by atoms with Crippen LogP contribution in [0.1, 0.15) is 12.5 Å². The summed E-state index contributed by atoms with van der Waals surface area (Å²) < 4.78 is 5.46. The van der Waals surface area contributed by atoms with Crippen molar-refractivity contribution < 1.29 is 14.9 Å². The highest BCUT2D eigenvalue weighted by Gasteiger charge is 2.11. The van der Waals surface area contributed by atoms with Crippen LogP contribution in [0.15, 0.2) is 12.1 Å². The number of aliphatic hydroxyl groups excluding tert-OH is 2. The summed E-state index contributed by atoms with van der Waals surface area (Å²) in [6, 6.07) is 3.16. The monoisotopic (exact) mass is 264 g/mol. The molecule has 3 nitrogen and oxygen atoms in total. The second kappa shape index (κ2) is 6.30. The highest BCUT2D eigenvalue weighted by Crippen LogP contribution is 2.32. The molecule has 0 fully saturated rings. The molecule has 0 aliphatic rings. The molecule has 0 radical (unpaired) electrons. The molecule has 1 aromatic rings. The summed E-state index contributed by atoms with van der Waals surface area (Å²) in [4.78, 5) is 0. The first-order chi connectivity index (χ1) is 7.58. The smallest absolute Gasteiger partial charge is 0.143 e. The standard InChI is InChI=1S/C11H14Cl2O3/c1-7(4-14)6-16-11-8(5-15)2-9(12)3-10(11)13/h2-3,7,14-15H,4-6H2,1H3. The molecule has 1 aromatic carbocycles. The lowest BCUT2D eigenvalue weighted by Gasteiger charge is -2.15. The summed E-state index contributed by atoms with van der Waals surface area (Å²) in [5.41, 5.74) is 0.544. The van der Waals surface area contributed by atoms with Crippen molar-refractivity contribution in [1.29, 1.82) is 0 Å². The summed E-state index contributed by atoms with van der Waals surface area (Å²) in [6.07, 6.45) is 0. The van der Waals surface area contributed by atoms with Gasteiger partial charge in [-0.3, -0.25) is 0 Å². The maximum Gasteiger partial charge on any atom is 0.143 e. The maximum absolute atomic E-state index is 9.14. The summed E-state index contributed by atoms with van der Waals surface area (Å²) in [7, 11) is 0. The number of benzene rings is 1. The Kier molecular flexibility index (Phi) is 5.35. The first-order valence-corrected chi connectivity index (χ1v) is 5.66. The van der Waals surface area contributed by atoms with Crippen LogP contribution in [0.4, 0.5) is 0 Å². The molecule has 2 N–H and O–H groups in total. The van der Waals surface area contributed by atoms with Gasteiger partial charge < -0.3 is 14.9 Å². The maximum atomic E-state index is 9.14. The Hall–Kier alpha value is -0.480. The van der Waals surface area contributed by atoms with Gasteiger partial charge in [-0.1, -0.05) is 30.1 Å². The number of halogens is 2. The first kappa shape index (κ1) is 13.6. The van der Waals surface area contributed by atoms with E-state index in [0.29, 0.717) is 28.0 Å². The predicted octanol–water partition coefficient (Wildman–Crippen LogP) is 2.49. The molecular weight excluding hydrogens is 251 g/mol. The van der Waals surface area contributed by atoms with Gasteiger partial charge in [-0.25, -0.2) is 0 Å². The molecule has 0 aliphatic heterocycles. The van der Waals surface area contributed by atoms with Crippen molar-refractivity contribution in [3.63, 3.8) is 0 Å². The molecule has 0 spiro atoms. The summed E-state index contributed by atoms with van der Waals surface area (Å²) in [6.45, 7) is 2.04. The molecule has 5 heteroatoms. The average molecular weight is 265 g/mol. The molecule has 0 saturated heterocycles. The van der Waals surface area contributed by atoms with E-state index in [1.165, 1.54) is 0 Å². The summed E-state index contributed by atoms with van der Waals surface area (Å²) >= 11 is 11.8. The minimum Gasteiger partial charge on any atom is -0.491 e. The first-order valence-electron chi connectivity index (χ1n) is 4.91. The van der Waals surface area contributed by atoms with E-state index >= 15 is 0 Å². The highest BCUT2D eigenvalue weighted by molar-refractivity contribution is 6.35. The van der Waals surface area contributed by atoms with E-state index in [9.17, 15) is 0 Å². The quantitative estimate of drug-likeness (QED) is 0.859. The number of hydrogen-bond acceptors (Lipinski definition) is 3. The minimum absolute atomic E-state index is 0.0123. The van der Waals surface area contributed by atoms with Crippen LogP contribution in [-0.4, -0.2) is 23.4 Å². The van der Waals surface area contributed by atoms with Crippen molar-refractivity contribution in [1.82, 2.24) is 0 Å². The van der Waals surface area contributed by atoms with Crippen LogP contribution in [0.5, 0.6) is 5.75 Å². The van der Waals surface area contributed by atoms with E-state index in [1.54, 1.807) is 12.1 Å². The summed E-state index contributed by atoms with van der Waals surface area (Å²) in [5, 5.41) is 18.8. The van der Waals surface area contributed by atoms with E-state index in [4.69, 9.17) is 38.2 Å². The van der Waals surface area contributed by atoms with Gasteiger partial charge in [-0.15, -0.1) is 0 Å². The average Bonchev–Trinajstić information content (AvgIpc) is 2.26. The van der Waals surface area contributed by atoms with Crippen LogP contribution >= 0.6 is 23.2 Å². The van der Waals surface area contributed by atoms with Gasteiger partial charge in [0.15, 0.2) is 0 Å². The molecule has 1 unspecified atom stereocenters. The third-order valence-electron chi connectivity index (χ3n) is 2.08. The van der Waals surface area contributed by atoms with E-state index in [0.717, 1.165) is 0 Å². The van der Waals surface area contributed by atoms with Crippen LogP contribution in [0, 0.1) is 5.92 Å². The number of hydrogen-bond donors (Lipinski definition) is 2. The highest BCUT2D eigenvalue weighted by atomic mass is 35.5.